The second-order valence-electron chi connectivity index (χ2n) is 3.77. The molecular formula is C14H19NO4. The van der Waals surface area contributed by atoms with Gasteiger partial charge in [-0.15, -0.1) is 0 Å². The van der Waals surface area contributed by atoms with Crippen LogP contribution >= 0.6 is 0 Å². The number of hydroxylamine groups is 1. The smallest absolute Gasteiger partial charge is 0.267 e. The number of hydrogen-bond acceptors (Lipinski definition) is 4. The molecule has 0 radical (unpaired) electrons. The standard InChI is InChI=1S/C14H19NO4/c1-3-10-18-13-7-4-12(5-8-13)6-9-14(16)15-19-11-17-2/h4-9H,3,10-11H2,1-2H3,(H,15,16)/b9-6+. The van der Waals surface area contributed by atoms with Gasteiger partial charge >= 0.3 is 0 Å². The first-order valence-electron chi connectivity index (χ1n) is 6.08. The molecule has 5 nitrogen and oxygen atoms in total. The molecule has 0 aromatic heterocycles. The zero-order valence-electron chi connectivity index (χ0n) is 11.2. The first-order chi connectivity index (χ1) is 9.26. The summed E-state index contributed by atoms with van der Waals surface area (Å²) in [7, 11) is 1.48. The molecular weight excluding hydrogens is 246 g/mol. The van der Waals surface area contributed by atoms with E-state index < -0.39 is 0 Å². The number of amides is 1. The molecule has 0 unspecified atom stereocenters. The molecule has 0 aliphatic carbocycles. The molecule has 0 aliphatic heterocycles. The highest BCUT2D eigenvalue weighted by Gasteiger charge is 1.95. The lowest BCUT2D eigenvalue weighted by atomic mass is 10.2. The highest BCUT2D eigenvalue weighted by molar-refractivity contribution is 5.90. The summed E-state index contributed by atoms with van der Waals surface area (Å²) in [5.74, 6) is 0.482. The predicted octanol–water partition coefficient (Wildman–Crippen LogP) is 2.14. The lowest BCUT2D eigenvalue weighted by Crippen LogP contribution is -2.22. The molecule has 0 aliphatic rings. The van der Waals surface area contributed by atoms with Gasteiger partial charge < -0.3 is 9.47 Å². The Hall–Kier alpha value is -1.85. The van der Waals surface area contributed by atoms with E-state index in [0.717, 1.165) is 17.7 Å². The van der Waals surface area contributed by atoms with Gasteiger partial charge in [-0.25, -0.2) is 10.3 Å². The lowest BCUT2D eigenvalue weighted by Gasteiger charge is -2.04. The number of methoxy groups -OCH3 is 1. The summed E-state index contributed by atoms with van der Waals surface area (Å²) in [6.07, 6.45) is 4.05. The summed E-state index contributed by atoms with van der Waals surface area (Å²) in [4.78, 5) is 16.0. The summed E-state index contributed by atoms with van der Waals surface area (Å²) in [6.45, 7) is 2.78. The van der Waals surface area contributed by atoms with Crippen LogP contribution in [0, 0.1) is 0 Å². The van der Waals surface area contributed by atoms with Crippen molar-refractivity contribution < 1.29 is 19.1 Å². The fraction of sp³-hybridized carbons (Fsp3) is 0.357. The number of benzene rings is 1. The maximum atomic E-state index is 11.3. The van der Waals surface area contributed by atoms with Crippen LogP contribution in [0.5, 0.6) is 5.75 Å². The largest absolute Gasteiger partial charge is 0.494 e. The van der Waals surface area contributed by atoms with Crippen LogP contribution in [0.15, 0.2) is 30.3 Å². The summed E-state index contributed by atoms with van der Waals surface area (Å²) >= 11 is 0. The quantitative estimate of drug-likeness (QED) is 0.338. The van der Waals surface area contributed by atoms with Gasteiger partial charge in [0.2, 0.25) is 0 Å². The third kappa shape index (κ3) is 6.59. The van der Waals surface area contributed by atoms with Gasteiger partial charge in [-0.1, -0.05) is 19.1 Å². The number of rotatable bonds is 8. The van der Waals surface area contributed by atoms with Crippen LogP contribution in [-0.2, 0) is 14.4 Å². The van der Waals surface area contributed by atoms with Gasteiger partial charge in [0.1, 0.15) is 5.75 Å². The number of hydrogen-bond donors (Lipinski definition) is 1. The molecule has 0 atom stereocenters. The van der Waals surface area contributed by atoms with E-state index in [9.17, 15) is 4.79 Å². The molecule has 104 valence electrons. The highest BCUT2D eigenvalue weighted by atomic mass is 16.8. The van der Waals surface area contributed by atoms with Crippen molar-refractivity contribution in [2.75, 3.05) is 20.5 Å². The van der Waals surface area contributed by atoms with Gasteiger partial charge in [-0.05, 0) is 30.2 Å². The van der Waals surface area contributed by atoms with Crippen molar-refractivity contribution in [1.82, 2.24) is 5.48 Å². The zero-order chi connectivity index (χ0) is 13.9. The molecule has 0 saturated carbocycles. The molecule has 1 amide bonds. The first kappa shape index (κ1) is 15.2. The van der Waals surface area contributed by atoms with Gasteiger partial charge in [0, 0.05) is 13.2 Å². The number of nitrogens with one attached hydrogen (secondary N) is 1. The first-order valence-corrected chi connectivity index (χ1v) is 6.08. The molecule has 1 aromatic carbocycles. The van der Waals surface area contributed by atoms with Crippen molar-refractivity contribution in [2.45, 2.75) is 13.3 Å². The van der Waals surface area contributed by atoms with Crippen molar-refractivity contribution in [3.05, 3.63) is 35.9 Å². The Morgan fingerprint density at radius 2 is 2.05 bits per heavy atom. The van der Waals surface area contributed by atoms with Crippen LogP contribution in [-0.4, -0.2) is 26.4 Å². The Balaban J connectivity index is 2.41. The van der Waals surface area contributed by atoms with Crippen molar-refractivity contribution in [1.29, 1.82) is 0 Å². The highest BCUT2D eigenvalue weighted by Crippen LogP contribution is 2.13. The number of carbonyl (C=O) groups excluding carboxylic acids is 1. The Kier molecular flexibility index (Phi) is 7.31. The van der Waals surface area contributed by atoms with Gasteiger partial charge in [0.25, 0.3) is 5.91 Å². The Morgan fingerprint density at radius 1 is 1.32 bits per heavy atom. The van der Waals surface area contributed by atoms with E-state index in [1.165, 1.54) is 13.2 Å². The van der Waals surface area contributed by atoms with E-state index in [0.29, 0.717) is 6.61 Å². The lowest BCUT2D eigenvalue weighted by molar-refractivity contribution is -0.139. The minimum atomic E-state index is -0.344. The maximum absolute atomic E-state index is 11.3. The second-order valence-corrected chi connectivity index (χ2v) is 3.77. The summed E-state index contributed by atoms with van der Waals surface area (Å²) in [5, 5.41) is 0. The average Bonchev–Trinajstić information content (AvgIpc) is 2.44. The van der Waals surface area contributed by atoms with E-state index in [1.54, 1.807) is 6.08 Å². The SMILES string of the molecule is CCCOc1ccc(/C=C/C(=O)NOCOC)cc1. The normalized spacial score (nSPS) is 10.6. The van der Waals surface area contributed by atoms with Crippen molar-refractivity contribution in [2.24, 2.45) is 0 Å². The molecule has 5 heteroatoms. The van der Waals surface area contributed by atoms with Crippen molar-refractivity contribution in [3.63, 3.8) is 0 Å². The van der Waals surface area contributed by atoms with E-state index in [-0.39, 0.29) is 12.7 Å². The fourth-order valence-electron chi connectivity index (χ4n) is 1.26. The number of ether oxygens (including phenoxy) is 2. The van der Waals surface area contributed by atoms with Crippen LogP contribution < -0.4 is 10.2 Å². The van der Waals surface area contributed by atoms with Crippen LogP contribution in [0.4, 0.5) is 0 Å². The summed E-state index contributed by atoms with van der Waals surface area (Å²) in [6, 6.07) is 7.50. The van der Waals surface area contributed by atoms with Gasteiger partial charge in [-0.3, -0.25) is 4.79 Å². The van der Waals surface area contributed by atoms with E-state index >= 15 is 0 Å². The van der Waals surface area contributed by atoms with Gasteiger partial charge in [0.05, 0.1) is 6.61 Å². The topological polar surface area (TPSA) is 56.8 Å². The predicted molar refractivity (Wildman–Crippen MR) is 72.4 cm³/mol. The van der Waals surface area contributed by atoms with Crippen LogP contribution in [0.25, 0.3) is 6.08 Å². The molecule has 0 fully saturated rings. The maximum Gasteiger partial charge on any atom is 0.267 e. The number of carbonyl (C=O) groups is 1. The van der Waals surface area contributed by atoms with E-state index in [2.05, 4.69) is 17.1 Å². The van der Waals surface area contributed by atoms with Crippen LogP contribution in [0.2, 0.25) is 0 Å². The molecule has 0 bridgehead atoms. The molecule has 0 heterocycles. The monoisotopic (exact) mass is 265 g/mol. The average molecular weight is 265 g/mol. The summed E-state index contributed by atoms with van der Waals surface area (Å²) < 4.78 is 10.1. The van der Waals surface area contributed by atoms with Crippen LogP contribution in [0.1, 0.15) is 18.9 Å². The molecule has 0 spiro atoms. The van der Waals surface area contributed by atoms with E-state index in [1.807, 2.05) is 24.3 Å². The second kappa shape index (κ2) is 9.13. The molecule has 1 aromatic rings. The molecule has 19 heavy (non-hydrogen) atoms. The minimum absolute atomic E-state index is 0.0169. The van der Waals surface area contributed by atoms with E-state index in [4.69, 9.17) is 9.57 Å². The minimum Gasteiger partial charge on any atom is -0.494 e. The van der Waals surface area contributed by atoms with Crippen molar-refractivity contribution in [3.8, 4) is 5.75 Å². The Labute approximate surface area is 113 Å². The third-order valence-corrected chi connectivity index (χ3v) is 2.13. The Bertz CT molecular complexity index is 400. The molecule has 1 rings (SSSR count). The van der Waals surface area contributed by atoms with Gasteiger partial charge in [-0.2, -0.15) is 0 Å². The van der Waals surface area contributed by atoms with Crippen molar-refractivity contribution >= 4 is 12.0 Å². The van der Waals surface area contributed by atoms with Crippen LogP contribution in [0.3, 0.4) is 0 Å². The summed E-state index contributed by atoms with van der Waals surface area (Å²) in [5.41, 5.74) is 3.13. The zero-order valence-corrected chi connectivity index (χ0v) is 11.2. The molecule has 1 N–H and O–H groups in total. The fourth-order valence-corrected chi connectivity index (χ4v) is 1.26. The third-order valence-electron chi connectivity index (χ3n) is 2.13. The Morgan fingerprint density at radius 3 is 2.68 bits per heavy atom. The van der Waals surface area contributed by atoms with Gasteiger partial charge in [0.15, 0.2) is 6.79 Å². The molecule has 0 saturated heterocycles.